The first-order valence-corrected chi connectivity index (χ1v) is 8.81. The van der Waals surface area contributed by atoms with Crippen LogP contribution in [0.2, 0.25) is 0 Å². The van der Waals surface area contributed by atoms with Crippen molar-refractivity contribution in [2.75, 3.05) is 0 Å². The van der Waals surface area contributed by atoms with Crippen molar-refractivity contribution in [3.8, 4) is 5.75 Å². The number of benzene rings is 3. The van der Waals surface area contributed by atoms with Crippen molar-refractivity contribution in [2.45, 2.75) is 20.0 Å². The molecule has 1 aliphatic carbocycles. The first kappa shape index (κ1) is 16.3. The van der Waals surface area contributed by atoms with E-state index >= 15 is 0 Å². The number of aryl methyl sites for hydroxylation is 1. The molecule has 0 amide bonds. The van der Waals surface area contributed by atoms with E-state index in [0.717, 1.165) is 33.6 Å². The average molecular weight is 340 g/mol. The Kier molecular flexibility index (Phi) is 4.40. The molecule has 26 heavy (non-hydrogen) atoms. The average Bonchev–Trinajstić information content (AvgIpc) is 2.98. The molecule has 3 aromatic carbocycles. The highest BCUT2D eigenvalue weighted by Gasteiger charge is 2.23. The highest BCUT2D eigenvalue weighted by Crippen LogP contribution is 2.28. The van der Waals surface area contributed by atoms with Gasteiger partial charge in [0.1, 0.15) is 12.4 Å². The maximum atomic E-state index is 12.5. The lowest BCUT2D eigenvalue weighted by atomic mass is 10.1. The third-order valence-electron chi connectivity index (χ3n) is 4.66. The number of hydrogen-bond acceptors (Lipinski definition) is 2. The van der Waals surface area contributed by atoms with E-state index in [9.17, 15) is 4.79 Å². The first-order valence-electron chi connectivity index (χ1n) is 8.81. The van der Waals surface area contributed by atoms with E-state index in [2.05, 4.69) is 31.2 Å². The summed E-state index contributed by atoms with van der Waals surface area (Å²) in [6, 6.07) is 24.0. The fraction of sp³-hybridized carbons (Fsp3) is 0.125. The molecule has 0 atom stereocenters. The van der Waals surface area contributed by atoms with Gasteiger partial charge < -0.3 is 4.74 Å². The fourth-order valence-corrected chi connectivity index (χ4v) is 3.22. The lowest BCUT2D eigenvalue weighted by Crippen LogP contribution is -1.96. The van der Waals surface area contributed by atoms with Crippen molar-refractivity contribution in [2.24, 2.45) is 0 Å². The van der Waals surface area contributed by atoms with Gasteiger partial charge >= 0.3 is 0 Å². The Labute approximate surface area is 153 Å². The van der Waals surface area contributed by atoms with E-state index < -0.39 is 0 Å². The second-order valence-electron chi connectivity index (χ2n) is 6.68. The summed E-state index contributed by atoms with van der Waals surface area (Å²) in [5.41, 5.74) is 6.14. The van der Waals surface area contributed by atoms with Crippen molar-refractivity contribution in [3.05, 3.63) is 106 Å². The van der Waals surface area contributed by atoms with E-state index in [-0.39, 0.29) is 5.78 Å². The highest BCUT2D eigenvalue weighted by atomic mass is 16.5. The quantitative estimate of drug-likeness (QED) is 0.595. The van der Waals surface area contributed by atoms with Gasteiger partial charge in [-0.05, 0) is 41.8 Å². The van der Waals surface area contributed by atoms with Gasteiger partial charge in [0, 0.05) is 17.6 Å². The predicted octanol–water partition coefficient (Wildman–Crippen LogP) is 5.40. The summed E-state index contributed by atoms with van der Waals surface area (Å²) in [5.74, 6) is 0.939. The smallest absolute Gasteiger partial charge is 0.189 e. The van der Waals surface area contributed by atoms with Gasteiger partial charge in [-0.2, -0.15) is 0 Å². The van der Waals surface area contributed by atoms with E-state index in [4.69, 9.17) is 4.74 Å². The first-order chi connectivity index (χ1) is 12.7. The SMILES string of the molecule is Cc1ccc(COc2cccc(/C=C3\Cc4ccccc4C3=O)c2)cc1. The Bertz CT molecular complexity index is 981. The minimum Gasteiger partial charge on any atom is -0.489 e. The van der Waals surface area contributed by atoms with Gasteiger partial charge in [-0.15, -0.1) is 0 Å². The number of fused-ring (bicyclic) bond motifs is 1. The molecule has 0 radical (unpaired) electrons. The van der Waals surface area contributed by atoms with Crippen LogP contribution in [0.1, 0.15) is 32.6 Å². The molecule has 0 saturated carbocycles. The summed E-state index contributed by atoms with van der Waals surface area (Å²) in [5, 5.41) is 0. The fourth-order valence-electron chi connectivity index (χ4n) is 3.22. The molecule has 0 aromatic heterocycles. The highest BCUT2D eigenvalue weighted by molar-refractivity contribution is 6.15. The molecule has 0 fully saturated rings. The van der Waals surface area contributed by atoms with E-state index in [1.807, 2.05) is 54.6 Å². The zero-order valence-electron chi connectivity index (χ0n) is 14.7. The topological polar surface area (TPSA) is 26.3 Å². The third-order valence-corrected chi connectivity index (χ3v) is 4.66. The van der Waals surface area contributed by atoms with Crippen molar-refractivity contribution in [3.63, 3.8) is 0 Å². The van der Waals surface area contributed by atoms with Crippen LogP contribution in [0.25, 0.3) is 6.08 Å². The predicted molar refractivity (Wildman–Crippen MR) is 104 cm³/mol. The molecular formula is C24H20O2. The molecule has 0 saturated heterocycles. The normalized spacial score (nSPS) is 14.5. The second kappa shape index (κ2) is 7.01. The maximum Gasteiger partial charge on any atom is 0.189 e. The van der Waals surface area contributed by atoms with Crippen LogP contribution in [-0.4, -0.2) is 5.78 Å². The molecule has 0 bridgehead atoms. The molecule has 128 valence electrons. The van der Waals surface area contributed by atoms with E-state index in [1.54, 1.807) is 0 Å². The van der Waals surface area contributed by atoms with Gasteiger partial charge in [-0.25, -0.2) is 0 Å². The number of allylic oxidation sites excluding steroid dienone is 1. The number of carbonyl (C=O) groups excluding carboxylic acids is 1. The van der Waals surface area contributed by atoms with Crippen LogP contribution in [-0.2, 0) is 13.0 Å². The molecule has 2 heteroatoms. The van der Waals surface area contributed by atoms with Gasteiger partial charge in [-0.1, -0.05) is 66.2 Å². The number of ether oxygens (including phenoxy) is 1. The summed E-state index contributed by atoms with van der Waals surface area (Å²) >= 11 is 0. The van der Waals surface area contributed by atoms with Gasteiger partial charge in [0.05, 0.1) is 0 Å². The van der Waals surface area contributed by atoms with Crippen molar-refractivity contribution < 1.29 is 9.53 Å². The molecule has 1 aliphatic rings. The standard InChI is InChI=1S/C24H20O2/c1-17-9-11-18(12-10-17)16-26-22-7-4-5-19(14-22)13-21-15-20-6-2-3-8-23(20)24(21)25/h2-14H,15-16H2,1H3/b21-13+. The second-order valence-corrected chi connectivity index (χ2v) is 6.68. The molecule has 3 aromatic rings. The summed E-state index contributed by atoms with van der Waals surface area (Å²) in [6.07, 6.45) is 2.67. The summed E-state index contributed by atoms with van der Waals surface area (Å²) < 4.78 is 5.91. The third kappa shape index (κ3) is 3.45. The van der Waals surface area contributed by atoms with Crippen LogP contribution < -0.4 is 4.74 Å². The molecule has 0 N–H and O–H groups in total. The van der Waals surface area contributed by atoms with E-state index in [1.165, 1.54) is 5.56 Å². The summed E-state index contributed by atoms with van der Waals surface area (Å²) in [4.78, 5) is 12.5. The minimum absolute atomic E-state index is 0.131. The van der Waals surface area contributed by atoms with Crippen LogP contribution in [0.3, 0.4) is 0 Å². The number of rotatable bonds is 4. The molecule has 0 heterocycles. The molecular weight excluding hydrogens is 320 g/mol. The van der Waals surface area contributed by atoms with Gasteiger partial charge in [-0.3, -0.25) is 4.79 Å². The number of hydrogen-bond donors (Lipinski definition) is 0. The lowest BCUT2D eigenvalue weighted by molar-refractivity contribution is 0.104. The summed E-state index contributed by atoms with van der Waals surface area (Å²) in [7, 11) is 0. The van der Waals surface area contributed by atoms with Crippen LogP contribution in [0.15, 0.2) is 78.4 Å². The Morgan fingerprint density at radius 2 is 1.77 bits per heavy atom. The van der Waals surface area contributed by atoms with Gasteiger partial charge in [0.25, 0.3) is 0 Å². The largest absolute Gasteiger partial charge is 0.489 e. The lowest BCUT2D eigenvalue weighted by Gasteiger charge is -2.07. The number of carbonyl (C=O) groups is 1. The van der Waals surface area contributed by atoms with Gasteiger partial charge in [0.2, 0.25) is 0 Å². The molecule has 2 nitrogen and oxygen atoms in total. The maximum absolute atomic E-state index is 12.5. The van der Waals surface area contributed by atoms with Crippen molar-refractivity contribution >= 4 is 11.9 Å². The Morgan fingerprint density at radius 1 is 0.962 bits per heavy atom. The van der Waals surface area contributed by atoms with Crippen molar-refractivity contribution in [1.82, 2.24) is 0 Å². The van der Waals surface area contributed by atoms with Crippen LogP contribution >= 0.6 is 0 Å². The molecule has 0 unspecified atom stereocenters. The Morgan fingerprint density at radius 3 is 2.58 bits per heavy atom. The van der Waals surface area contributed by atoms with Crippen LogP contribution in [0.5, 0.6) is 5.75 Å². The molecule has 0 spiro atoms. The Hall–Kier alpha value is -3.13. The van der Waals surface area contributed by atoms with E-state index in [0.29, 0.717) is 13.0 Å². The van der Waals surface area contributed by atoms with Gasteiger partial charge in [0.15, 0.2) is 5.78 Å². The van der Waals surface area contributed by atoms with Crippen LogP contribution in [0, 0.1) is 6.92 Å². The monoisotopic (exact) mass is 340 g/mol. The Balaban J connectivity index is 1.50. The number of Topliss-reactive ketones (excluding diaryl/α,β-unsaturated/α-hetero) is 1. The zero-order valence-corrected chi connectivity index (χ0v) is 14.7. The minimum atomic E-state index is 0.131. The van der Waals surface area contributed by atoms with Crippen LogP contribution in [0.4, 0.5) is 0 Å². The molecule has 4 rings (SSSR count). The summed E-state index contributed by atoms with van der Waals surface area (Å²) in [6.45, 7) is 2.61. The molecule has 0 aliphatic heterocycles. The zero-order chi connectivity index (χ0) is 17.9. The number of ketones is 1. The van der Waals surface area contributed by atoms with Crippen molar-refractivity contribution in [1.29, 1.82) is 0 Å².